The number of carboxylic acid groups (broad SMARTS) is 1. The normalized spacial score (nSPS) is 19.5. The molecule has 0 aromatic heterocycles. The third-order valence-electron chi connectivity index (χ3n) is 3.44. The molecule has 150 valence electrons. The van der Waals surface area contributed by atoms with E-state index in [4.69, 9.17) is 14.9 Å². The highest BCUT2D eigenvalue weighted by atomic mass is 32.2. The molecule has 1 rings (SSSR count). The lowest BCUT2D eigenvalue weighted by Gasteiger charge is -2.24. The summed E-state index contributed by atoms with van der Waals surface area (Å²) in [6.07, 6.45) is 1.52. The van der Waals surface area contributed by atoms with Crippen LogP contribution in [0.4, 0.5) is 0 Å². The Morgan fingerprint density at radius 2 is 1.88 bits per heavy atom. The molecular formula is C13H23N2O9PS. The summed E-state index contributed by atoms with van der Waals surface area (Å²) in [4.78, 5) is 61.5. The van der Waals surface area contributed by atoms with Crippen LogP contribution in [0.3, 0.4) is 0 Å². The zero-order valence-corrected chi connectivity index (χ0v) is 16.2. The molecule has 1 aliphatic heterocycles. The van der Waals surface area contributed by atoms with Crippen molar-refractivity contribution in [2.45, 2.75) is 36.8 Å². The summed E-state index contributed by atoms with van der Waals surface area (Å²) in [5.41, 5.74) is 0. The fourth-order valence-corrected chi connectivity index (χ4v) is 2.54. The van der Waals surface area contributed by atoms with Crippen molar-refractivity contribution in [2.24, 2.45) is 0 Å². The van der Waals surface area contributed by atoms with Gasteiger partial charge in [0.2, 0.25) is 17.7 Å². The fraction of sp³-hybridized carbons (Fsp3) is 0.692. The second-order valence-corrected chi connectivity index (χ2v) is 8.74. The van der Waals surface area contributed by atoms with Crippen LogP contribution in [0.5, 0.6) is 0 Å². The predicted octanol–water partition coefficient (Wildman–Crippen LogP) is -1.04. The first kappa shape index (κ1) is 24.5. The first-order chi connectivity index (χ1) is 11.7. The van der Waals surface area contributed by atoms with E-state index in [1.807, 2.05) is 11.6 Å². The Balaban J connectivity index is 0.000000531. The number of nitrogens with one attached hydrogen (secondary N) is 1. The number of likely N-dealkylation sites (tertiary alicyclic amines) is 1. The van der Waals surface area contributed by atoms with Crippen LogP contribution in [0.15, 0.2) is 0 Å². The number of imide groups is 1. The van der Waals surface area contributed by atoms with E-state index in [1.165, 1.54) is 23.7 Å². The molecule has 1 saturated heterocycles. The summed E-state index contributed by atoms with van der Waals surface area (Å²) in [5, 5.41) is 17.1. The molecule has 1 heterocycles. The molecule has 11 nitrogen and oxygen atoms in total. The van der Waals surface area contributed by atoms with Gasteiger partial charge in [0.1, 0.15) is 0 Å². The minimum absolute atomic E-state index is 0.0579. The standard InChI is InChI=1S/C7H14NO7P.C6H9NO2S/c1-7(12,16(13,14)15)4-8-5(9)2-3-6(10)11;1-7-5(8)3-4(10-2)6(7)9/h12H,2-4H2,1H3,(H,8,9)(H,10,11)(H2,13,14,15);4H,3H2,1-2H3. The Labute approximate surface area is 154 Å². The number of nitrogens with zero attached hydrogens (tertiary/aromatic N) is 1. The molecule has 2 unspecified atom stereocenters. The van der Waals surface area contributed by atoms with Crippen molar-refractivity contribution < 1.29 is 43.7 Å². The summed E-state index contributed by atoms with van der Waals surface area (Å²) in [5.74, 6) is -1.98. The van der Waals surface area contributed by atoms with Crippen LogP contribution in [-0.4, -0.2) is 79.0 Å². The molecule has 3 amide bonds. The highest BCUT2D eigenvalue weighted by Crippen LogP contribution is 2.47. The Morgan fingerprint density at radius 1 is 1.35 bits per heavy atom. The summed E-state index contributed by atoms with van der Waals surface area (Å²) in [6, 6.07) is 0. The van der Waals surface area contributed by atoms with Gasteiger partial charge in [0.25, 0.3) is 0 Å². The quantitative estimate of drug-likeness (QED) is 0.255. The van der Waals surface area contributed by atoms with Gasteiger partial charge in [0.05, 0.1) is 18.2 Å². The van der Waals surface area contributed by atoms with Crippen LogP contribution in [0.2, 0.25) is 0 Å². The van der Waals surface area contributed by atoms with Gasteiger partial charge < -0.3 is 25.3 Å². The number of thioether (sulfide) groups is 1. The first-order valence-electron chi connectivity index (χ1n) is 7.32. The van der Waals surface area contributed by atoms with E-state index in [0.717, 1.165) is 6.92 Å². The molecule has 13 heteroatoms. The van der Waals surface area contributed by atoms with Crippen LogP contribution >= 0.6 is 19.4 Å². The van der Waals surface area contributed by atoms with Gasteiger partial charge in [-0.3, -0.25) is 28.6 Å². The van der Waals surface area contributed by atoms with Gasteiger partial charge in [0.15, 0.2) is 5.34 Å². The monoisotopic (exact) mass is 414 g/mol. The number of amides is 3. The van der Waals surface area contributed by atoms with E-state index in [-0.39, 0.29) is 29.9 Å². The van der Waals surface area contributed by atoms with Crippen molar-refractivity contribution in [2.75, 3.05) is 19.8 Å². The van der Waals surface area contributed by atoms with Crippen molar-refractivity contribution in [3.8, 4) is 0 Å². The maximum absolute atomic E-state index is 11.0. The number of aliphatic hydroxyl groups is 1. The highest BCUT2D eigenvalue weighted by molar-refractivity contribution is 8.00. The topological polar surface area (TPSA) is 182 Å². The van der Waals surface area contributed by atoms with Gasteiger partial charge in [-0.15, -0.1) is 0 Å². The Bertz CT molecular complexity index is 604. The molecule has 0 aromatic rings. The van der Waals surface area contributed by atoms with Crippen LogP contribution in [0.1, 0.15) is 26.2 Å². The first-order valence-corrected chi connectivity index (χ1v) is 10.2. The summed E-state index contributed by atoms with van der Waals surface area (Å²) in [7, 11) is -3.21. The number of carboxylic acids is 1. The minimum Gasteiger partial charge on any atom is -0.481 e. The predicted molar refractivity (Wildman–Crippen MR) is 92.2 cm³/mol. The van der Waals surface area contributed by atoms with Crippen molar-refractivity contribution in [3.63, 3.8) is 0 Å². The zero-order valence-electron chi connectivity index (χ0n) is 14.5. The molecule has 1 fully saturated rings. The molecule has 1 aliphatic rings. The molecule has 26 heavy (non-hydrogen) atoms. The lowest BCUT2D eigenvalue weighted by Crippen LogP contribution is -2.40. The number of carbonyl (C=O) groups excluding carboxylic acids is 3. The number of carbonyl (C=O) groups is 4. The Kier molecular flexibility index (Phi) is 9.46. The summed E-state index contributed by atoms with van der Waals surface area (Å²) in [6.45, 7) is 0.237. The third kappa shape index (κ3) is 7.83. The van der Waals surface area contributed by atoms with Crippen molar-refractivity contribution in [3.05, 3.63) is 0 Å². The molecule has 0 radical (unpaired) electrons. The van der Waals surface area contributed by atoms with Gasteiger partial charge >= 0.3 is 13.6 Å². The summed E-state index contributed by atoms with van der Waals surface area (Å²) < 4.78 is 10.7. The fourth-order valence-electron chi connectivity index (χ4n) is 1.58. The van der Waals surface area contributed by atoms with Crippen LogP contribution in [0.25, 0.3) is 0 Å². The lowest BCUT2D eigenvalue weighted by molar-refractivity contribution is -0.139. The zero-order chi connectivity index (χ0) is 20.7. The number of hydrogen-bond donors (Lipinski definition) is 5. The second kappa shape index (κ2) is 10.0. The van der Waals surface area contributed by atoms with Crippen LogP contribution in [0, 0.1) is 0 Å². The van der Waals surface area contributed by atoms with E-state index in [9.17, 15) is 28.8 Å². The van der Waals surface area contributed by atoms with Crippen LogP contribution < -0.4 is 5.32 Å². The molecule has 0 bridgehead atoms. The molecule has 2 atom stereocenters. The van der Waals surface area contributed by atoms with E-state index in [1.54, 1.807) is 0 Å². The highest BCUT2D eigenvalue weighted by Gasteiger charge is 2.40. The van der Waals surface area contributed by atoms with Crippen LogP contribution in [-0.2, 0) is 23.7 Å². The van der Waals surface area contributed by atoms with E-state index < -0.39 is 31.4 Å². The Hall–Kier alpha value is -1.46. The van der Waals surface area contributed by atoms with Gasteiger partial charge in [-0.2, -0.15) is 11.8 Å². The molecule has 0 aromatic carbocycles. The van der Waals surface area contributed by atoms with Crippen molar-refractivity contribution in [1.82, 2.24) is 10.2 Å². The maximum Gasteiger partial charge on any atom is 0.358 e. The second-order valence-electron chi connectivity index (χ2n) is 5.65. The van der Waals surface area contributed by atoms with Gasteiger partial charge in [-0.1, -0.05) is 0 Å². The number of rotatable bonds is 7. The van der Waals surface area contributed by atoms with E-state index >= 15 is 0 Å². The Morgan fingerprint density at radius 3 is 2.19 bits per heavy atom. The SMILES string of the molecule is CC(O)(CNC(=O)CCC(=O)O)P(=O)(O)O.CSC1CC(=O)N(C)C1=O. The average Bonchev–Trinajstić information content (AvgIpc) is 2.77. The molecule has 0 aliphatic carbocycles. The van der Waals surface area contributed by atoms with Crippen molar-refractivity contribution >= 4 is 43.0 Å². The number of hydrogen-bond acceptors (Lipinski definition) is 7. The van der Waals surface area contributed by atoms with Gasteiger partial charge in [-0.05, 0) is 13.2 Å². The lowest BCUT2D eigenvalue weighted by atomic mass is 10.3. The molecular weight excluding hydrogens is 391 g/mol. The summed E-state index contributed by atoms with van der Waals surface area (Å²) >= 11 is 1.44. The number of aliphatic carboxylic acids is 1. The minimum atomic E-state index is -4.74. The average molecular weight is 414 g/mol. The van der Waals surface area contributed by atoms with E-state index in [0.29, 0.717) is 6.42 Å². The van der Waals surface area contributed by atoms with E-state index in [2.05, 4.69) is 0 Å². The largest absolute Gasteiger partial charge is 0.481 e. The van der Waals surface area contributed by atoms with Gasteiger partial charge in [0, 0.05) is 19.9 Å². The molecule has 0 saturated carbocycles. The molecule has 5 N–H and O–H groups in total. The maximum atomic E-state index is 11.0. The van der Waals surface area contributed by atoms with Gasteiger partial charge in [-0.25, -0.2) is 0 Å². The third-order valence-corrected chi connectivity index (χ3v) is 5.79. The van der Waals surface area contributed by atoms with Crippen molar-refractivity contribution in [1.29, 1.82) is 0 Å². The smallest absolute Gasteiger partial charge is 0.358 e. The molecule has 0 spiro atoms.